The molecule has 0 fully saturated rings. The third-order valence-corrected chi connectivity index (χ3v) is 2.83. The van der Waals surface area contributed by atoms with Gasteiger partial charge in [0.2, 0.25) is 0 Å². The van der Waals surface area contributed by atoms with E-state index in [9.17, 15) is 4.79 Å². The highest BCUT2D eigenvalue weighted by molar-refractivity contribution is 14.1. The van der Waals surface area contributed by atoms with E-state index in [1.807, 2.05) is 13.8 Å². The van der Waals surface area contributed by atoms with Gasteiger partial charge in [-0.25, -0.2) is 0 Å². The van der Waals surface area contributed by atoms with E-state index >= 15 is 0 Å². The third kappa shape index (κ3) is 5.49. The molecule has 0 saturated carbocycles. The summed E-state index contributed by atoms with van der Waals surface area (Å²) in [7, 11) is 0. The van der Waals surface area contributed by atoms with Crippen molar-refractivity contribution in [2.24, 2.45) is 5.92 Å². The fraction of sp³-hybridized carbons (Fsp3) is 0.462. The van der Waals surface area contributed by atoms with Crippen molar-refractivity contribution in [1.82, 2.24) is 0 Å². The van der Waals surface area contributed by atoms with Crippen LogP contribution in [0.25, 0.3) is 0 Å². The molecular formula is C13H17IO2. The third-order valence-electron chi connectivity index (χ3n) is 2.11. The number of halogens is 1. The van der Waals surface area contributed by atoms with E-state index in [2.05, 4.69) is 46.9 Å². The molecule has 0 aliphatic heterocycles. The van der Waals surface area contributed by atoms with Crippen molar-refractivity contribution in [3.05, 3.63) is 33.4 Å². The Morgan fingerprint density at radius 2 is 1.94 bits per heavy atom. The predicted molar refractivity (Wildman–Crippen MR) is 73.3 cm³/mol. The van der Waals surface area contributed by atoms with Crippen LogP contribution < -0.4 is 0 Å². The highest BCUT2D eigenvalue weighted by atomic mass is 127. The molecule has 88 valence electrons. The molecule has 3 heteroatoms. The summed E-state index contributed by atoms with van der Waals surface area (Å²) in [5.41, 5.74) is 1.18. The summed E-state index contributed by atoms with van der Waals surface area (Å²) in [4.78, 5) is 11.4. The minimum absolute atomic E-state index is 0.104. The maximum atomic E-state index is 11.4. The van der Waals surface area contributed by atoms with Crippen LogP contribution in [-0.4, -0.2) is 12.6 Å². The van der Waals surface area contributed by atoms with Crippen molar-refractivity contribution in [3.8, 4) is 0 Å². The summed E-state index contributed by atoms with van der Waals surface area (Å²) in [6.07, 6.45) is 1.22. The molecule has 0 bridgehead atoms. The molecule has 16 heavy (non-hydrogen) atoms. The topological polar surface area (TPSA) is 26.3 Å². The fourth-order valence-corrected chi connectivity index (χ4v) is 1.59. The van der Waals surface area contributed by atoms with Crippen molar-refractivity contribution < 1.29 is 9.53 Å². The number of ether oxygens (including phenoxy) is 1. The standard InChI is InChI=1S/C13H17IO2/c1-10(2)9-16-13(15)8-5-11-3-6-12(14)7-4-11/h3-4,6-7,10H,5,8-9H2,1-2H3. The molecule has 0 aliphatic rings. The van der Waals surface area contributed by atoms with Crippen molar-refractivity contribution >= 4 is 28.6 Å². The second-order valence-electron chi connectivity index (χ2n) is 4.20. The minimum Gasteiger partial charge on any atom is -0.465 e. The van der Waals surface area contributed by atoms with E-state index in [4.69, 9.17) is 4.74 Å². The molecule has 1 rings (SSSR count). The molecule has 0 saturated heterocycles. The largest absolute Gasteiger partial charge is 0.465 e. The molecule has 0 radical (unpaired) electrons. The molecule has 0 N–H and O–H groups in total. The molecule has 0 unspecified atom stereocenters. The maximum Gasteiger partial charge on any atom is 0.306 e. The van der Waals surface area contributed by atoms with Gasteiger partial charge in [-0.2, -0.15) is 0 Å². The maximum absolute atomic E-state index is 11.4. The molecule has 0 aliphatic carbocycles. The average Bonchev–Trinajstić information content (AvgIpc) is 2.25. The van der Waals surface area contributed by atoms with E-state index < -0.39 is 0 Å². The second-order valence-corrected chi connectivity index (χ2v) is 5.45. The molecule has 2 nitrogen and oxygen atoms in total. The van der Waals surface area contributed by atoms with Crippen LogP contribution in [0.3, 0.4) is 0 Å². The molecule has 0 spiro atoms. The Kier molecular flexibility index (Phi) is 5.80. The Morgan fingerprint density at radius 3 is 2.50 bits per heavy atom. The van der Waals surface area contributed by atoms with Gasteiger partial charge in [0.1, 0.15) is 0 Å². The van der Waals surface area contributed by atoms with E-state index in [-0.39, 0.29) is 5.97 Å². The highest BCUT2D eigenvalue weighted by Crippen LogP contribution is 2.09. The number of carbonyl (C=O) groups is 1. The molecular weight excluding hydrogens is 315 g/mol. The van der Waals surface area contributed by atoms with E-state index in [1.165, 1.54) is 9.13 Å². The zero-order valence-corrected chi connectivity index (χ0v) is 11.9. The number of hydrogen-bond acceptors (Lipinski definition) is 2. The summed E-state index contributed by atoms with van der Waals surface area (Å²) < 4.78 is 6.32. The first-order valence-corrected chi connectivity index (χ1v) is 6.56. The van der Waals surface area contributed by atoms with Gasteiger partial charge >= 0.3 is 5.97 Å². The van der Waals surface area contributed by atoms with Crippen LogP contribution in [0.15, 0.2) is 24.3 Å². The van der Waals surface area contributed by atoms with E-state index in [1.54, 1.807) is 0 Å². The number of benzene rings is 1. The lowest BCUT2D eigenvalue weighted by molar-refractivity contribution is -0.144. The summed E-state index contributed by atoms with van der Waals surface area (Å²) in [6.45, 7) is 4.59. The predicted octanol–water partition coefficient (Wildman–Crippen LogP) is 3.42. The lowest BCUT2D eigenvalue weighted by Crippen LogP contribution is -2.10. The second kappa shape index (κ2) is 6.89. The Labute approximate surface area is 111 Å². The van der Waals surface area contributed by atoms with Gasteiger partial charge in [0.15, 0.2) is 0 Å². The zero-order chi connectivity index (χ0) is 12.0. The number of rotatable bonds is 5. The number of hydrogen-bond donors (Lipinski definition) is 0. The molecule has 0 aromatic heterocycles. The van der Waals surface area contributed by atoms with Gasteiger partial charge in [-0.1, -0.05) is 26.0 Å². The number of aryl methyl sites for hydroxylation is 1. The number of carbonyl (C=O) groups excluding carboxylic acids is 1. The van der Waals surface area contributed by atoms with Crippen LogP contribution in [-0.2, 0) is 16.0 Å². The monoisotopic (exact) mass is 332 g/mol. The first kappa shape index (κ1) is 13.5. The quantitative estimate of drug-likeness (QED) is 0.610. The van der Waals surface area contributed by atoms with Gasteiger partial charge < -0.3 is 4.74 Å². The molecule has 0 heterocycles. The molecule has 1 aromatic rings. The van der Waals surface area contributed by atoms with Crippen LogP contribution in [0, 0.1) is 9.49 Å². The van der Waals surface area contributed by atoms with Gasteiger partial charge in [-0.3, -0.25) is 4.79 Å². The van der Waals surface area contributed by atoms with E-state index in [0.29, 0.717) is 18.9 Å². The Morgan fingerprint density at radius 1 is 1.31 bits per heavy atom. The Hall–Kier alpha value is -0.580. The van der Waals surface area contributed by atoms with Crippen LogP contribution >= 0.6 is 22.6 Å². The van der Waals surface area contributed by atoms with Crippen LogP contribution in [0.5, 0.6) is 0 Å². The Bertz CT molecular complexity index is 330. The first-order chi connectivity index (χ1) is 7.58. The summed E-state index contributed by atoms with van der Waals surface area (Å²) in [6, 6.07) is 8.21. The minimum atomic E-state index is -0.104. The zero-order valence-electron chi connectivity index (χ0n) is 9.70. The summed E-state index contributed by atoms with van der Waals surface area (Å²) in [5, 5.41) is 0. The van der Waals surface area contributed by atoms with Gasteiger partial charge in [0.25, 0.3) is 0 Å². The molecule has 0 amide bonds. The summed E-state index contributed by atoms with van der Waals surface area (Å²) >= 11 is 2.27. The van der Waals surface area contributed by atoms with Gasteiger partial charge in [0, 0.05) is 9.99 Å². The number of esters is 1. The molecule has 0 atom stereocenters. The van der Waals surface area contributed by atoms with Crippen LogP contribution in [0.2, 0.25) is 0 Å². The van der Waals surface area contributed by atoms with Crippen molar-refractivity contribution in [2.75, 3.05) is 6.61 Å². The van der Waals surface area contributed by atoms with Crippen molar-refractivity contribution in [1.29, 1.82) is 0 Å². The van der Waals surface area contributed by atoms with Crippen molar-refractivity contribution in [2.45, 2.75) is 26.7 Å². The highest BCUT2D eigenvalue weighted by Gasteiger charge is 2.04. The average molecular weight is 332 g/mol. The van der Waals surface area contributed by atoms with Crippen LogP contribution in [0.1, 0.15) is 25.8 Å². The van der Waals surface area contributed by atoms with Crippen molar-refractivity contribution in [3.63, 3.8) is 0 Å². The smallest absolute Gasteiger partial charge is 0.306 e. The van der Waals surface area contributed by atoms with Crippen LogP contribution in [0.4, 0.5) is 0 Å². The lowest BCUT2D eigenvalue weighted by Gasteiger charge is -2.07. The Balaban J connectivity index is 2.29. The van der Waals surface area contributed by atoms with Gasteiger partial charge in [-0.05, 0) is 52.6 Å². The van der Waals surface area contributed by atoms with Gasteiger partial charge in [-0.15, -0.1) is 0 Å². The molecule has 1 aromatic carbocycles. The lowest BCUT2D eigenvalue weighted by atomic mass is 10.1. The van der Waals surface area contributed by atoms with E-state index in [0.717, 1.165) is 6.42 Å². The summed E-state index contributed by atoms with van der Waals surface area (Å²) in [5.74, 6) is 0.300. The first-order valence-electron chi connectivity index (χ1n) is 5.48. The SMILES string of the molecule is CC(C)COC(=O)CCc1ccc(I)cc1. The normalized spacial score (nSPS) is 10.5. The van der Waals surface area contributed by atoms with Gasteiger partial charge in [0.05, 0.1) is 6.61 Å². The fourth-order valence-electron chi connectivity index (χ4n) is 1.23.